The van der Waals surface area contributed by atoms with Crippen LogP contribution in [0, 0.1) is 0 Å². The minimum Gasteiger partial charge on any atom is -0.348 e. The van der Waals surface area contributed by atoms with E-state index in [2.05, 4.69) is 0 Å². The van der Waals surface area contributed by atoms with Crippen LogP contribution < -0.4 is 11.3 Å². The van der Waals surface area contributed by atoms with Gasteiger partial charge < -0.3 is 4.90 Å². The molecular formula is C8H18N4O2. The van der Waals surface area contributed by atoms with Gasteiger partial charge in [0.25, 0.3) is 5.91 Å². The maximum absolute atomic E-state index is 11.3. The molecule has 0 fully saturated rings. The summed E-state index contributed by atoms with van der Waals surface area (Å²) in [6.45, 7) is 1.88. The lowest BCUT2D eigenvalue weighted by molar-refractivity contribution is -0.132. The number of nitrogens with two attached hydrogens (primary N) is 1. The van der Waals surface area contributed by atoms with Gasteiger partial charge in [-0.3, -0.25) is 19.9 Å². The van der Waals surface area contributed by atoms with Crippen molar-refractivity contribution in [3.63, 3.8) is 0 Å². The average molecular weight is 202 g/mol. The largest absolute Gasteiger partial charge is 0.348 e. The topological polar surface area (TPSA) is 78.7 Å². The second kappa shape index (κ2) is 5.56. The quantitative estimate of drug-likeness (QED) is 0.326. The summed E-state index contributed by atoms with van der Waals surface area (Å²) in [5, 5.41) is 0. The standard InChI is InChI=1S/C8H18N4O2/c1-6(8(14)10-9)12(4)5-7(13)11(2)3/h6H,5,9H2,1-4H3,(H,10,14). The van der Waals surface area contributed by atoms with E-state index in [1.54, 1.807) is 33.0 Å². The van der Waals surface area contributed by atoms with Crippen molar-refractivity contribution in [1.82, 2.24) is 15.2 Å². The summed E-state index contributed by atoms with van der Waals surface area (Å²) in [6, 6.07) is -0.413. The van der Waals surface area contributed by atoms with Gasteiger partial charge in [-0.2, -0.15) is 0 Å². The first-order valence-electron chi connectivity index (χ1n) is 4.31. The number of nitrogens with one attached hydrogen (secondary N) is 1. The van der Waals surface area contributed by atoms with Gasteiger partial charge in [-0.05, 0) is 14.0 Å². The smallest absolute Gasteiger partial charge is 0.250 e. The lowest BCUT2D eigenvalue weighted by Gasteiger charge is -2.23. The third kappa shape index (κ3) is 3.71. The van der Waals surface area contributed by atoms with Crippen LogP contribution in [0.15, 0.2) is 0 Å². The summed E-state index contributed by atoms with van der Waals surface area (Å²) < 4.78 is 0. The van der Waals surface area contributed by atoms with Gasteiger partial charge >= 0.3 is 0 Å². The van der Waals surface area contributed by atoms with Gasteiger partial charge in [-0.1, -0.05) is 0 Å². The van der Waals surface area contributed by atoms with Crippen molar-refractivity contribution in [3.05, 3.63) is 0 Å². The Bertz CT molecular complexity index is 217. The first-order chi connectivity index (χ1) is 6.40. The molecule has 0 radical (unpaired) electrons. The van der Waals surface area contributed by atoms with Gasteiger partial charge in [0.1, 0.15) is 0 Å². The molecule has 0 bridgehead atoms. The van der Waals surface area contributed by atoms with Crippen LogP contribution in [-0.2, 0) is 9.59 Å². The summed E-state index contributed by atoms with van der Waals surface area (Å²) >= 11 is 0. The van der Waals surface area contributed by atoms with Crippen LogP contribution in [0.25, 0.3) is 0 Å². The molecule has 0 rings (SSSR count). The van der Waals surface area contributed by atoms with Crippen molar-refractivity contribution >= 4 is 11.8 Å². The summed E-state index contributed by atoms with van der Waals surface area (Å²) in [4.78, 5) is 25.5. The Kier molecular flexibility index (Phi) is 5.11. The van der Waals surface area contributed by atoms with Crippen molar-refractivity contribution in [2.24, 2.45) is 5.84 Å². The number of amides is 2. The van der Waals surface area contributed by atoms with Crippen LogP contribution in [0.5, 0.6) is 0 Å². The van der Waals surface area contributed by atoms with E-state index in [-0.39, 0.29) is 18.4 Å². The van der Waals surface area contributed by atoms with Crippen LogP contribution in [-0.4, -0.2) is 55.3 Å². The van der Waals surface area contributed by atoms with Gasteiger partial charge in [0.05, 0.1) is 12.6 Å². The molecule has 0 aliphatic rings. The maximum atomic E-state index is 11.3. The number of nitrogens with zero attached hydrogens (tertiary/aromatic N) is 2. The van der Waals surface area contributed by atoms with Crippen LogP contribution in [0.2, 0.25) is 0 Å². The minimum atomic E-state index is -0.413. The summed E-state index contributed by atoms with van der Waals surface area (Å²) in [5.74, 6) is 4.62. The molecular weight excluding hydrogens is 184 g/mol. The van der Waals surface area contributed by atoms with E-state index in [0.717, 1.165) is 0 Å². The predicted molar refractivity (Wildman–Crippen MR) is 53.1 cm³/mol. The van der Waals surface area contributed by atoms with E-state index >= 15 is 0 Å². The molecule has 0 spiro atoms. The number of hydrogen-bond acceptors (Lipinski definition) is 4. The van der Waals surface area contributed by atoms with Crippen LogP contribution >= 0.6 is 0 Å². The van der Waals surface area contributed by atoms with Crippen molar-refractivity contribution in [2.75, 3.05) is 27.7 Å². The monoisotopic (exact) mass is 202 g/mol. The van der Waals surface area contributed by atoms with Gasteiger partial charge in [0.15, 0.2) is 0 Å². The van der Waals surface area contributed by atoms with Crippen molar-refractivity contribution < 1.29 is 9.59 Å². The van der Waals surface area contributed by atoms with Gasteiger partial charge in [-0.25, -0.2) is 5.84 Å². The fourth-order valence-electron chi connectivity index (χ4n) is 0.812. The molecule has 1 unspecified atom stereocenters. The average Bonchev–Trinajstić information content (AvgIpc) is 2.14. The van der Waals surface area contributed by atoms with Crippen LogP contribution in [0.1, 0.15) is 6.92 Å². The summed E-state index contributed by atoms with van der Waals surface area (Å²) in [6.07, 6.45) is 0. The molecule has 0 aromatic carbocycles. The fraction of sp³-hybridized carbons (Fsp3) is 0.750. The van der Waals surface area contributed by atoms with Crippen molar-refractivity contribution in [2.45, 2.75) is 13.0 Å². The van der Waals surface area contributed by atoms with E-state index in [0.29, 0.717) is 0 Å². The predicted octanol–water partition coefficient (Wildman–Crippen LogP) is -1.62. The normalized spacial score (nSPS) is 12.4. The van der Waals surface area contributed by atoms with Crippen molar-refractivity contribution in [1.29, 1.82) is 0 Å². The van der Waals surface area contributed by atoms with E-state index in [1.807, 2.05) is 5.43 Å². The zero-order chi connectivity index (χ0) is 11.3. The van der Waals surface area contributed by atoms with Crippen molar-refractivity contribution in [3.8, 4) is 0 Å². The molecule has 6 heteroatoms. The van der Waals surface area contributed by atoms with E-state index in [1.165, 1.54) is 4.90 Å². The highest BCUT2D eigenvalue weighted by atomic mass is 16.2. The number of hydrazine groups is 1. The molecule has 0 aliphatic carbocycles. The maximum Gasteiger partial charge on any atom is 0.250 e. The SMILES string of the molecule is CC(C(=O)NN)N(C)CC(=O)N(C)C. The third-order valence-corrected chi connectivity index (χ3v) is 2.07. The van der Waals surface area contributed by atoms with E-state index < -0.39 is 6.04 Å². The highest BCUT2D eigenvalue weighted by Gasteiger charge is 2.19. The van der Waals surface area contributed by atoms with Gasteiger partial charge in [-0.15, -0.1) is 0 Å². The van der Waals surface area contributed by atoms with Crippen LogP contribution in [0.3, 0.4) is 0 Å². The van der Waals surface area contributed by atoms with E-state index in [9.17, 15) is 9.59 Å². The third-order valence-electron chi connectivity index (χ3n) is 2.07. The van der Waals surface area contributed by atoms with E-state index in [4.69, 9.17) is 5.84 Å². The number of carbonyl (C=O) groups is 2. The Morgan fingerprint density at radius 2 is 1.86 bits per heavy atom. The van der Waals surface area contributed by atoms with Gasteiger partial charge in [0.2, 0.25) is 5.91 Å². The highest BCUT2D eigenvalue weighted by molar-refractivity contribution is 5.82. The molecule has 1 atom stereocenters. The second-order valence-corrected chi connectivity index (χ2v) is 3.39. The summed E-state index contributed by atoms with van der Waals surface area (Å²) in [7, 11) is 5.04. The minimum absolute atomic E-state index is 0.0517. The zero-order valence-corrected chi connectivity index (χ0v) is 9.07. The second-order valence-electron chi connectivity index (χ2n) is 3.39. The Morgan fingerprint density at radius 1 is 1.36 bits per heavy atom. The Hall–Kier alpha value is -1.14. The lowest BCUT2D eigenvalue weighted by Crippen LogP contribution is -2.48. The molecule has 0 heterocycles. The number of hydrogen-bond donors (Lipinski definition) is 2. The van der Waals surface area contributed by atoms with Gasteiger partial charge in [0, 0.05) is 14.1 Å². The lowest BCUT2D eigenvalue weighted by atomic mass is 10.3. The molecule has 82 valence electrons. The Balaban J connectivity index is 4.14. The number of carbonyl (C=O) groups excluding carboxylic acids is 2. The molecule has 6 nitrogen and oxygen atoms in total. The molecule has 2 amide bonds. The first kappa shape index (κ1) is 12.9. The molecule has 0 saturated heterocycles. The highest BCUT2D eigenvalue weighted by Crippen LogP contribution is 1.95. The molecule has 0 saturated carbocycles. The Morgan fingerprint density at radius 3 is 2.21 bits per heavy atom. The Labute approximate surface area is 84.0 Å². The number of likely N-dealkylation sites (N-methyl/N-ethyl adjacent to an activating group) is 2. The fourth-order valence-corrected chi connectivity index (χ4v) is 0.812. The van der Waals surface area contributed by atoms with Crippen LogP contribution in [0.4, 0.5) is 0 Å². The summed E-state index contributed by atoms with van der Waals surface area (Å²) in [5.41, 5.74) is 2.04. The molecule has 0 aromatic heterocycles. The molecule has 0 aliphatic heterocycles. The molecule has 14 heavy (non-hydrogen) atoms. The molecule has 3 N–H and O–H groups in total. The zero-order valence-electron chi connectivity index (χ0n) is 9.07. The molecule has 0 aromatic rings. The first-order valence-corrected chi connectivity index (χ1v) is 4.31. The number of rotatable bonds is 4.